The molecule has 1 aromatic rings. The van der Waals surface area contributed by atoms with E-state index in [0.717, 1.165) is 29.3 Å². The zero-order chi connectivity index (χ0) is 17.1. The Hall–Kier alpha value is -0.870. The predicted octanol–water partition coefficient (Wildman–Crippen LogP) is 3.78. The number of hydrogen-bond donors (Lipinski definition) is 2. The highest BCUT2D eigenvalue weighted by Gasteiger charge is 2.55. The maximum Gasteiger partial charge on any atom is 0.230 e. The third-order valence-electron chi connectivity index (χ3n) is 6.65. The minimum absolute atomic E-state index is 0.102. The summed E-state index contributed by atoms with van der Waals surface area (Å²) in [5, 5.41) is 14.1. The standard InChI is InChI=1S/C20H26BrNO2/c1-19(2,15-4-3-5-16(21)8-15)18(23)22-17-13-6-12-7-14(17)11-20(24,9-12)10-13/h3-5,8,12-14,17,24H,6-7,9-11H2,1-2H3,(H,22,23)/t12?,13-,14?,17?,20?/m1/s1. The molecule has 4 bridgehead atoms. The van der Waals surface area contributed by atoms with Crippen LogP contribution in [-0.4, -0.2) is 22.7 Å². The monoisotopic (exact) mass is 391 g/mol. The molecule has 0 spiro atoms. The van der Waals surface area contributed by atoms with Gasteiger partial charge in [-0.05, 0) is 81.4 Å². The van der Waals surface area contributed by atoms with Crippen molar-refractivity contribution in [1.29, 1.82) is 0 Å². The Morgan fingerprint density at radius 2 is 1.92 bits per heavy atom. The Balaban J connectivity index is 1.52. The molecular weight excluding hydrogens is 366 g/mol. The van der Waals surface area contributed by atoms with Gasteiger partial charge in [0.1, 0.15) is 0 Å². The first-order valence-corrected chi connectivity index (χ1v) is 9.85. The number of halogens is 1. The molecule has 4 saturated carbocycles. The normalized spacial score (nSPS) is 37.5. The lowest BCUT2D eigenvalue weighted by atomic mass is 9.52. The Morgan fingerprint density at radius 3 is 2.50 bits per heavy atom. The van der Waals surface area contributed by atoms with Crippen molar-refractivity contribution >= 4 is 21.8 Å². The maximum absolute atomic E-state index is 13.1. The molecule has 130 valence electrons. The first-order valence-electron chi connectivity index (χ1n) is 9.06. The first kappa shape index (κ1) is 16.6. The molecule has 4 aliphatic carbocycles. The van der Waals surface area contributed by atoms with Gasteiger partial charge in [0, 0.05) is 10.5 Å². The largest absolute Gasteiger partial charge is 0.390 e. The number of rotatable bonds is 3. The molecule has 4 unspecified atom stereocenters. The fourth-order valence-corrected chi connectivity index (χ4v) is 5.96. The highest BCUT2D eigenvalue weighted by Crippen LogP contribution is 2.55. The van der Waals surface area contributed by atoms with Gasteiger partial charge in [-0.2, -0.15) is 0 Å². The molecule has 24 heavy (non-hydrogen) atoms. The van der Waals surface area contributed by atoms with Crippen LogP contribution < -0.4 is 5.32 Å². The second-order valence-electron chi connectivity index (χ2n) is 8.83. The van der Waals surface area contributed by atoms with E-state index < -0.39 is 11.0 Å². The van der Waals surface area contributed by atoms with Crippen molar-refractivity contribution in [2.75, 3.05) is 0 Å². The van der Waals surface area contributed by atoms with Crippen LogP contribution in [0.3, 0.4) is 0 Å². The molecular formula is C20H26BrNO2. The van der Waals surface area contributed by atoms with Crippen LogP contribution in [-0.2, 0) is 10.2 Å². The van der Waals surface area contributed by atoms with E-state index in [1.54, 1.807) is 0 Å². The average Bonchev–Trinajstić information content (AvgIpc) is 2.49. The number of carbonyl (C=O) groups excluding carboxylic acids is 1. The van der Waals surface area contributed by atoms with E-state index in [2.05, 4.69) is 21.2 Å². The van der Waals surface area contributed by atoms with Gasteiger partial charge in [0.2, 0.25) is 5.91 Å². The summed E-state index contributed by atoms with van der Waals surface area (Å²) < 4.78 is 0.998. The summed E-state index contributed by atoms with van der Waals surface area (Å²) in [5.41, 5.74) is 0.0178. The number of nitrogens with one attached hydrogen (secondary N) is 1. The Bertz CT molecular complexity index is 655. The minimum Gasteiger partial charge on any atom is -0.390 e. The van der Waals surface area contributed by atoms with E-state index in [1.807, 2.05) is 38.1 Å². The molecule has 0 saturated heterocycles. The van der Waals surface area contributed by atoms with E-state index in [-0.39, 0.29) is 11.9 Å². The van der Waals surface area contributed by atoms with Crippen LogP contribution in [0.15, 0.2) is 28.7 Å². The van der Waals surface area contributed by atoms with Crippen LogP contribution in [0.4, 0.5) is 0 Å². The van der Waals surface area contributed by atoms with Crippen molar-refractivity contribution in [3.05, 3.63) is 34.3 Å². The molecule has 0 aliphatic heterocycles. The van der Waals surface area contributed by atoms with Crippen molar-refractivity contribution in [3.63, 3.8) is 0 Å². The SMILES string of the molecule is CC(C)(C(=O)NC1C2CC3C[C@@H]1CC(O)(C3)C2)c1cccc(Br)c1. The molecule has 5 rings (SSSR count). The van der Waals surface area contributed by atoms with Crippen LogP contribution in [0.25, 0.3) is 0 Å². The molecule has 1 aromatic carbocycles. The fraction of sp³-hybridized carbons (Fsp3) is 0.650. The van der Waals surface area contributed by atoms with Crippen LogP contribution in [0.5, 0.6) is 0 Å². The van der Waals surface area contributed by atoms with Gasteiger partial charge in [-0.25, -0.2) is 0 Å². The van der Waals surface area contributed by atoms with Gasteiger partial charge >= 0.3 is 0 Å². The third-order valence-corrected chi connectivity index (χ3v) is 7.15. The van der Waals surface area contributed by atoms with Gasteiger partial charge in [0.05, 0.1) is 11.0 Å². The van der Waals surface area contributed by atoms with Gasteiger partial charge in [-0.1, -0.05) is 28.1 Å². The summed E-state index contributed by atoms with van der Waals surface area (Å²) >= 11 is 3.50. The van der Waals surface area contributed by atoms with Gasteiger partial charge < -0.3 is 10.4 Å². The summed E-state index contributed by atoms with van der Waals surface area (Å²) in [6.45, 7) is 3.99. The quantitative estimate of drug-likeness (QED) is 0.823. The zero-order valence-corrected chi connectivity index (χ0v) is 16.0. The van der Waals surface area contributed by atoms with Crippen molar-refractivity contribution < 1.29 is 9.90 Å². The third kappa shape index (κ3) is 2.72. The maximum atomic E-state index is 13.1. The molecule has 0 radical (unpaired) electrons. The van der Waals surface area contributed by atoms with E-state index >= 15 is 0 Å². The number of carbonyl (C=O) groups is 1. The van der Waals surface area contributed by atoms with Gasteiger partial charge in [0.15, 0.2) is 0 Å². The number of benzene rings is 1. The lowest BCUT2D eigenvalue weighted by Gasteiger charge is -2.58. The van der Waals surface area contributed by atoms with E-state index in [1.165, 1.54) is 12.8 Å². The van der Waals surface area contributed by atoms with Gasteiger partial charge in [0.25, 0.3) is 0 Å². The average molecular weight is 392 g/mol. The molecule has 5 atom stereocenters. The van der Waals surface area contributed by atoms with Gasteiger partial charge in [-0.15, -0.1) is 0 Å². The molecule has 0 heterocycles. The Kier molecular flexibility index (Phi) is 3.85. The van der Waals surface area contributed by atoms with Crippen LogP contribution in [0.1, 0.15) is 51.5 Å². The minimum atomic E-state index is -0.560. The molecule has 1 amide bonds. The zero-order valence-electron chi connectivity index (χ0n) is 14.4. The van der Waals surface area contributed by atoms with Crippen molar-refractivity contribution in [1.82, 2.24) is 5.32 Å². The first-order chi connectivity index (χ1) is 11.3. The molecule has 2 N–H and O–H groups in total. The van der Waals surface area contributed by atoms with Crippen molar-refractivity contribution in [2.24, 2.45) is 17.8 Å². The van der Waals surface area contributed by atoms with Crippen LogP contribution in [0.2, 0.25) is 0 Å². The Morgan fingerprint density at radius 1 is 1.25 bits per heavy atom. The van der Waals surface area contributed by atoms with E-state index in [9.17, 15) is 9.90 Å². The van der Waals surface area contributed by atoms with Crippen LogP contribution in [0, 0.1) is 17.8 Å². The summed E-state index contributed by atoms with van der Waals surface area (Å²) in [6, 6.07) is 8.24. The highest BCUT2D eigenvalue weighted by atomic mass is 79.9. The molecule has 4 fully saturated rings. The summed E-state index contributed by atoms with van der Waals surface area (Å²) in [6.07, 6.45) is 5.04. The van der Waals surface area contributed by atoms with Crippen molar-refractivity contribution in [2.45, 2.75) is 63.0 Å². The summed E-state index contributed by atoms with van der Waals surface area (Å²) in [5.74, 6) is 1.66. The lowest BCUT2D eigenvalue weighted by molar-refractivity contribution is -0.148. The number of aliphatic hydroxyl groups is 1. The fourth-order valence-electron chi connectivity index (χ4n) is 5.56. The van der Waals surface area contributed by atoms with E-state index in [4.69, 9.17) is 0 Å². The summed E-state index contributed by atoms with van der Waals surface area (Å²) in [7, 11) is 0. The van der Waals surface area contributed by atoms with Crippen molar-refractivity contribution in [3.8, 4) is 0 Å². The summed E-state index contributed by atoms with van der Waals surface area (Å²) in [4.78, 5) is 13.1. The lowest BCUT2D eigenvalue weighted by Crippen LogP contribution is -2.62. The second kappa shape index (κ2) is 5.57. The second-order valence-corrected chi connectivity index (χ2v) is 9.74. The number of hydrogen-bond acceptors (Lipinski definition) is 2. The molecule has 4 heteroatoms. The van der Waals surface area contributed by atoms with E-state index in [0.29, 0.717) is 17.8 Å². The molecule has 4 aliphatic rings. The molecule has 0 aromatic heterocycles. The predicted molar refractivity (Wildman–Crippen MR) is 97.6 cm³/mol. The highest BCUT2D eigenvalue weighted by molar-refractivity contribution is 9.10. The smallest absolute Gasteiger partial charge is 0.230 e. The Labute approximate surface area is 152 Å². The number of amides is 1. The van der Waals surface area contributed by atoms with Crippen LogP contribution >= 0.6 is 15.9 Å². The molecule has 3 nitrogen and oxygen atoms in total. The van der Waals surface area contributed by atoms with Gasteiger partial charge in [-0.3, -0.25) is 4.79 Å². The topological polar surface area (TPSA) is 49.3 Å².